The van der Waals surface area contributed by atoms with Gasteiger partial charge in [-0.2, -0.15) is 22.0 Å². The Balaban J connectivity index is 3.07. The van der Waals surface area contributed by atoms with Crippen LogP contribution in [0.4, 0.5) is 22.0 Å². The zero-order chi connectivity index (χ0) is 10.3. The number of aromatic nitrogens is 3. The molecule has 3 nitrogen and oxygen atoms in total. The number of halogens is 5. The van der Waals surface area contributed by atoms with Crippen LogP contribution in [0.25, 0.3) is 0 Å². The lowest BCUT2D eigenvalue weighted by Gasteiger charge is -2.15. The summed E-state index contributed by atoms with van der Waals surface area (Å²) in [5, 5.41) is 2.88. The topological polar surface area (TPSA) is 30.7 Å². The van der Waals surface area contributed by atoms with E-state index in [9.17, 15) is 22.0 Å². The molecule has 8 heteroatoms. The molecule has 0 aliphatic rings. The van der Waals surface area contributed by atoms with Gasteiger partial charge in [0, 0.05) is 7.05 Å². The van der Waals surface area contributed by atoms with Crippen molar-refractivity contribution in [1.82, 2.24) is 14.8 Å². The lowest BCUT2D eigenvalue weighted by Crippen LogP contribution is -2.34. The van der Waals surface area contributed by atoms with Gasteiger partial charge in [0.2, 0.25) is 5.82 Å². The van der Waals surface area contributed by atoms with Gasteiger partial charge in [-0.15, -0.1) is 5.10 Å². The molecule has 0 fully saturated rings. The third-order valence-corrected chi connectivity index (χ3v) is 1.24. The van der Waals surface area contributed by atoms with E-state index in [2.05, 4.69) is 10.1 Å². The van der Waals surface area contributed by atoms with Crippen molar-refractivity contribution >= 4 is 0 Å². The number of nitrogens with zero attached hydrogens (tertiary/aromatic N) is 3. The second kappa shape index (κ2) is 2.64. The van der Waals surface area contributed by atoms with Gasteiger partial charge in [-0.25, -0.2) is 4.98 Å². The maximum atomic E-state index is 12.4. The Morgan fingerprint density at radius 2 is 1.77 bits per heavy atom. The Labute approximate surface area is 69.2 Å². The Bertz CT molecular complexity index is 301. The fraction of sp³-hybridized carbons (Fsp3) is 0.600. The van der Waals surface area contributed by atoms with Crippen LogP contribution < -0.4 is 0 Å². The van der Waals surface area contributed by atoms with Crippen molar-refractivity contribution in [2.75, 3.05) is 0 Å². The van der Waals surface area contributed by atoms with E-state index in [4.69, 9.17) is 0 Å². The molecule has 0 bridgehead atoms. The molecule has 0 amide bonds. The van der Waals surface area contributed by atoms with E-state index in [0.717, 1.165) is 11.0 Å². The van der Waals surface area contributed by atoms with Gasteiger partial charge in [-0.05, 0) is 0 Å². The lowest BCUT2D eigenvalue weighted by molar-refractivity contribution is -0.292. The van der Waals surface area contributed by atoms with Crippen LogP contribution in [0.2, 0.25) is 0 Å². The van der Waals surface area contributed by atoms with Crippen molar-refractivity contribution in [1.29, 1.82) is 0 Å². The van der Waals surface area contributed by atoms with Gasteiger partial charge in [0.15, 0.2) is 0 Å². The van der Waals surface area contributed by atoms with Gasteiger partial charge in [0.05, 0.1) is 0 Å². The van der Waals surface area contributed by atoms with Crippen LogP contribution in [0, 0.1) is 0 Å². The zero-order valence-corrected chi connectivity index (χ0v) is 6.31. The van der Waals surface area contributed by atoms with E-state index < -0.39 is 17.9 Å². The van der Waals surface area contributed by atoms with E-state index in [1.807, 2.05) is 0 Å². The predicted molar refractivity (Wildman–Crippen MR) is 31.0 cm³/mol. The standard InChI is InChI=1S/C5H4F5N3/c1-13-2-11-3(12-13)4(6,7)5(8,9)10/h2H,1H3. The summed E-state index contributed by atoms with van der Waals surface area (Å²) < 4.78 is 60.7. The monoisotopic (exact) mass is 201 g/mol. The first-order valence-electron chi connectivity index (χ1n) is 3.06. The molecular weight excluding hydrogens is 197 g/mol. The summed E-state index contributed by atoms with van der Waals surface area (Å²) in [4.78, 5) is 2.84. The zero-order valence-electron chi connectivity index (χ0n) is 6.31. The predicted octanol–water partition coefficient (Wildman–Crippen LogP) is 1.47. The average molecular weight is 201 g/mol. The van der Waals surface area contributed by atoms with Gasteiger partial charge in [0.1, 0.15) is 6.33 Å². The second-order valence-corrected chi connectivity index (χ2v) is 2.31. The maximum absolute atomic E-state index is 12.4. The molecule has 0 aromatic carbocycles. The highest BCUT2D eigenvalue weighted by Gasteiger charge is 2.61. The highest BCUT2D eigenvalue weighted by Crippen LogP contribution is 2.41. The number of alkyl halides is 5. The van der Waals surface area contributed by atoms with Crippen LogP contribution >= 0.6 is 0 Å². The molecule has 74 valence electrons. The molecule has 0 atom stereocenters. The third kappa shape index (κ3) is 1.61. The fourth-order valence-electron chi connectivity index (χ4n) is 0.610. The summed E-state index contributed by atoms with van der Waals surface area (Å²) in [6, 6.07) is 0. The minimum Gasteiger partial charge on any atom is -0.256 e. The molecule has 0 aliphatic heterocycles. The molecule has 0 spiro atoms. The van der Waals surface area contributed by atoms with E-state index in [-0.39, 0.29) is 0 Å². The van der Waals surface area contributed by atoms with E-state index in [1.54, 1.807) is 0 Å². The van der Waals surface area contributed by atoms with Crippen molar-refractivity contribution in [2.24, 2.45) is 7.05 Å². The Morgan fingerprint density at radius 3 is 2.08 bits per heavy atom. The molecule has 0 saturated carbocycles. The highest BCUT2D eigenvalue weighted by atomic mass is 19.4. The summed E-state index contributed by atoms with van der Waals surface area (Å²) in [7, 11) is 1.20. The molecule has 0 saturated heterocycles. The van der Waals surface area contributed by atoms with Gasteiger partial charge >= 0.3 is 12.1 Å². The molecule has 0 radical (unpaired) electrons. The summed E-state index contributed by atoms with van der Waals surface area (Å²) in [5.74, 6) is -6.53. The number of rotatable bonds is 1. The number of hydrogen-bond donors (Lipinski definition) is 0. The second-order valence-electron chi connectivity index (χ2n) is 2.31. The number of hydrogen-bond acceptors (Lipinski definition) is 2. The minimum atomic E-state index is -5.66. The molecule has 13 heavy (non-hydrogen) atoms. The van der Waals surface area contributed by atoms with Crippen LogP contribution in [0.3, 0.4) is 0 Å². The van der Waals surface area contributed by atoms with Crippen LogP contribution in [-0.4, -0.2) is 20.9 Å². The van der Waals surface area contributed by atoms with E-state index in [1.165, 1.54) is 7.05 Å². The van der Waals surface area contributed by atoms with E-state index in [0.29, 0.717) is 0 Å². The molecule has 1 aromatic rings. The first-order chi connectivity index (χ1) is 5.75. The van der Waals surface area contributed by atoms with Gasteiger partial charge in [-0.1, -0.05) is 0 Å². The summed E-state index contributed by atoms with van der Waals surface area (Å²) >= 11 is 0. The average Bonchev–Trinajstić information content (AvgIpc) is 2.33. The van der Waals surface area contributed by atoms with Crippen molar-refractivity contribution < 1.29 is 22.0 Å². The van der Waals surface area contributed by atoms with Crippen molar-refractivity contribution in [3.05, 3.63) is 12.2 Å². The molecule has 1 heterocycles. The number of aryl methyl sites for hydroxylation is 1. The highest BCUT2D eigenvalue weighted by molar-refractivity contribution is 4.97. The summed E-state index contributed by atoms with van der Waals surface area (Å²) in [6.07, 6.45) is -4.89. The SMILES string of the molecule is Cn1cnc(C(F)(F)C(F)(F)F)n1. The van der Waals surface area contributed by atoms with Crippen molar-refractivity contribution in [3.8, 4) is 0 Å². The normalized spacial score (nSPS) is 13.4. The Hall–Kier alpha value is -1.21. The molecule has 1 aromatic heterocycles. The first-order valence-corrected chi connectivity index (χ1v) is 3.06. The third-order valence-electron chi connectivity index (χ3n) is 1.24. The minimum absolute atomic E-state index is 0.773. The van der Waals surface area contributed by atoms with Crippen LogP contribution in [-0.2, 0) is 13.0 Å². The van der Waals surface area contributed by atoms with Crippen LogP contribution in [0.1, 0.15) is 5.82 Å². The van der Waals surface area contributed by atoms with E-state index >= 15 is 0 Å². The Morgan fingerprint density at radius 1 is 1.23 bits per heavy atom. The van der Waals surface area contributed by atoms with Crippen molar-refractivity contribution in [2.45, 2.75) is 12.1 Å². The van der Waals surface area contributed by atoms with Gasteiger partial charge in [0.25, 0.3) is 0 Å². The van der Waals surface area contributed by atoms with Crippen molar-refractivity contribution in [3.63, 3.8) is 0 Å². The Kier molecular flexibility index (Phi) is 2.01. The molecule has 0 unspecified atom stereocenters. The summed E-state index contributed by atoms with van der Waals surface area (Å²) in [5.41, 5.74) is 0. The molecule has 0 N–H and O–H groups in total. The maximum Gasteiger partial charge on any atom is 0.461 e. The van der Waals surface area contributed by atoms with Gasteiger partial charge < -0.3 is 0 Å². The van der Waals surface area contributed by atoms with Crippen LogP contribution in [0.15, 0.2) is 6.33 Å². The molecule has 1 rings (SSSR count). The summed E-state index contributed by atoms with van der Waals surface area (Å²) in [6.45, 7) is 0. The quantitative estimate of drug-likeness (QED) is 0.644. The smallest absolute Gasteiger partial charge is 0.256 e. The fourth-order valence-corrected chi connectivity index (χ4v) is 0.610. The van der Waals surface area contributed by atoms with Crippen LogP contribution in [0.5, 0.6) is 0 Å². The lowest BCUT2D eigenvalue weighted by atomic mass is 10.3. The molecular formula is C5H4F5N3. The largest absolute Gasteiger partial charge is 0.461 e. The first kappa shape index (κ1) is 9.87. The molecule has 0 aliphatic carbocycles. The van der Waals surface area contributed by atoms with Gasteiger partial charge in [-0.3, -0.25) is 4.68 Å².